The summed E-state index contributed by atoms with van der Waals surface area (Å²) in [6, 6.07) is 6.82. The molecule has 0 spiro atoms. The van der Waals surface area contributed by atoms with Gasteiger partial charge in [-0.15, -0.1) is 6.58 Å². The fraction of sp³-hybridized carbons (Fsp3) is 0.278. The van der Waals surface area contributed by atoms with Gasteiger partial charge in [0.15, 0.2) is 5.78 Å². The summed E-state index contributed by atoms with van der Waals surface area (Å²) in [7, 11) is 0. The van der Waals surface area contributed by atoms with E-state index in [1.54, 1.807) is 43.5 Å². The molecule has 6 nitrogen and oxygen atoms in total. The summed E-state index contributed by atoms with van der Waals surface area (Å²) >= 11 is 0. The number of aromatic nitrogens is 1. The average Bonchev–Trinajstić information content (AvgIpc) is 2.56. The first kappa shape index (κ1) is 17.5. The van der Waals surface area contributed by atoms with Crippen molar-refractivity contribution in [3.63, 3.8) is 0 Å². The van der Waals surface area contributed by atoms with Crippen molar-refractivity contribution < 1.29 is 19.1 Å². The first-order valence-electron chi connectivity index (χ1n) is 7.60. The maximum Gasteiger partial charge on any atom is 0.313 e. The Labute approximate surface area is 139 Å². The second-order valence-electron chi connectivity index (χ2n) is 5.09. The van der Waals surface area contributed by atoms with E-state index in [4.69, 9.17) is 9.47 Å². The largest absolute Gasteiger partial charge is 0.485 e. The highest BCUT2D eigenvalue weighted by atomic mass is 16.5. The third-order valence-corrected chi connectivity index (χ3v) is 3.34. The molecule has 0 atom stereocenters. The minimum atomic E-state index is -0.573. The number of hydrogen-bond acceptors (Lipinski definition) is 5. The van der Waals surface area contributed by atoms with Gasteiger partial charge in [-0.3, -0.25) is 14.4 Å². The zero-order valence-electron chi connectivity index (χ0n) is 13.5. The lowest BCUT2D eigenvalue weighted by Crippen LogP contribution is -2.19. The zero-order valence-corrected chi connectivity index (χ0v) is 13.5. The van der Waals surface area contributed by atoms with Crippen molar-refractivity contribution >= 4 is 22.5 Å². The Morgan fingerprint density at radius 3 is 2.75 bits per heavy atom. The van der Waals surface area contributed by atoms with Crippen molar-refractivity contribution in [2.75, 3.05) is 13.2 Å². The molecular weight excluding hydrogens is 310 g/mol. The molecule has 2 aromatic rings. The van der Waals surface area contributed by atoms with Gasteiger partial charge in [0.25, 0.3) is 5.56 Å². The number of benzene rings is 1. The minimum absolute atomic E-state index is 0.157. The van der Waals surface area contributed by atoms with Crippen LogP contribution in [-0.2, 0) is 20.9 Å². The van der Waals surface area contributed by atoms with Crippen LogP contribution in [-0.4, -0.2) is 29.5 Å². The van der Waals surface area contributed by atoms with E-state index in [0.29, 0.717) is 23.1 Å². The van der Waals surface area contributed by atoms with Gasteiger partial charge in [0, 0.05) is 18.1 Å². The van der Waals surface area contributed by atoms with Crippen LogP contribution >= 0.6 is 0 Å². The second-order valence-corrected chi connectivity index (χ2v) is 5.09. The predicted octanol–water partition coefficient (Wildman–Crippen LogP) is 2.09. The number of Topliss-reactive ketones (excluding diaryl/α,β-unsaturated/α-hetero) is 1. The highest BCUT2D eigenvalue weighted by Gasteiger charge is 2.12. The van der Waals surface area contributed by atoms with Crippen LogP contribution in [0, 0.1) is 0 Å². The van der Waals surface area contributed by atoms with Crippen LogP contribution in [0.4, 0.5) is 0 Å². The molecule has 0 radical (unpaired) electrons. The topological polar surface area (TPSA) is 74.6 Å². The van der Waals surface area contributed by atoms with Crippen LogP contribution in [0.25, 0.3) is 10.8 Å². The van der Waals surface area contributed by atoms with Gasteiger partial charge >= 0.3 is 5.97 Å². The van der Waals surface area contributed by atoms with Crippen LogP contribution < -0.4 is 10.3 Å². The molecule has 24 heavy (non-hydrogen) atoms. The quantitative estimate of drug-likeness (QED) is 0.421. The lowest BCUT2D eigenvalue weighted by Gasteiger charge is -2.10. The molecule has 0 N–H and O–H groups in total. The van der Waals surface area contributed by atoms with Crippen LogP contribution in [0.15, 0.2) is 47.9 Å². The number of ketones is 1. The number of pyridine rings is 1. The lowest BCUT2D eigenvalue weighted by molar-refractivity contribution is -0.145. The smallest absolute Gasteiger partial charge is 0.313 e. The van der Waals surface area contributed by atoms with E-state index in [-0.39, 0.29) is 31.0 Å². The van der Waals surface area contributed by atoms with Crippen molar-refractivity contribution in [2.45, 2.75) is 19.9 Å². The predicted molar refractivity (Wildman–Crippen MR) is 90.2 cm³/mol. The van der Waals surface area contributed by atoms with Gasteiger partial charge in [0.1, 0.15) is 18.8 Å². The third-order valence-electron chi connectivity index (χ3n) is 3.34. The summed E-state index contributed by atoms with van der Waals surface area (Å²) in [5.41, 5.74) is -0.157. The molecule has 2 rings (SSSR count). The SMILES string of the molecule is C=CCn1ccc2c(OCC(=O)CC(=O)OCC)cccc2c1=O. The second kappa shape index (κ2) is 8.10. The third kappa shape index (κ3) is 4.10. The Morgan fingerprint density at radius 2 is 2.04 bits per heavy atom. The van der Waals surface area contributed by atoms with E-state index in [2.05, 4.69) is 6.58 Å². The number of rotatable bonds is 8. The van der Waals surface area contributed by atoms with Crippen molar-refractivity contribution in [3.8, 4) is 5.75 Å². The summed E-state index contributed by atoms with van der Waals surface area (Å²) in [5, 5.41) is 1.11. The van der Waals surface area contributed by atoms with Crippen LogP contribution in [0.3, 0.4) is 0 Å². The standard InChI is InChI=1S/C18H19NO5/c1-3-9-19-10-8-14-15(18(19)22)6-5-7-16(14)24-12-13(20)11-17(21)23-4-2/h3,5-8,10H,1,4,9,11-12H2,2H3. The summed E-state index contributed by atoms with van der Waals surface area (Å²) in [6.45, 7) is 5.68. The molecule has 126 valence electrons. The molecule has 0 unspecified atom stereocenters. The van der Waals surface area contributed by atoms with Crippen LogP contribution in [0.5, 0.6) is 5.75 Å². The first-order chi connectivity index (χ1) is 11.6. The molecule has 0 saturated heterocycles. The summed E-state index contributed by atoms with van der Waals surface area (Å²) in [5.74, 6) is -0.533. The molecule has 0 aliphatic rings. The van der Waals surface area contributed by atoms with Crippen molar-refractivity contribution in [3.05, 3.63) is 53.5 Å². The van der Waals surface area contributed by atoms with E-state index in [1.165, 1.54) is 4.57 Å². The number of carbonyl (C=O) groups excluding carboxylic acids is 2. The molecule has 0 bridgehead atoms. The number of nitrogens with zero attached hydrogens (tertiary/aromatic N) is 1. The maximum absolute atomic E-state index is 12.4. The van der Waals surface area contributed by atoms with Crippen molar-refractivity contribution in [1.29, 1.82) is 0 Å². The normalized spacial score (nSPS) is 10.4. The monoisotopic (exact) mass is 329 g/mol. The summed E-state index contributed by atoms with van der Waals surface area (Å²) in [4.78, 5) is 35.4. The highest BCUT2D eigenvalue weighted by molar-refractivity contribution is 5.96. The average molecular weight is 329 g/mol. The van der Waals surface area contributed by atoms with Crippen LogP contribution in [0.1, 0.15) is 13.3 Å². The van der Waals surface area contributed by atoms with Crippen LogP contribution in [0.2, 0.25) is 0 Å². The molecule has 1 aromatic heterocycles. The first-order valence-corrected chi connectivity index (χ1v) is 7.60. The maximum atomic E-state index is 12.4. The summed E-state index contributed by atoms with van der Waals surface area (Å²) < 4.78 is 11.7. The number of ether oxygens (including phenoxy) is 2. The molecular formula is C18H19NO5. The van der Waals surface area contributed by atoms with E-state index in [1.807, 2.05) is 0 Å². The molecule has 0 saturated carbocycles. The number of esters is 1. The van der Waals surface area contributed by atoms with E-state index in [0.717, 1.165) is 0 Å². The Hall–Kier alpha value is -2.89. The lowest BCUT2D eigenvalue weighted by atomic mass is 10.1. The number of hydrogen-bond donors (Lipinski definition) is 0. The Kier molecular flexibility index (Phi) is 5.89. The number of fused-ring (bicyclic) bond motifs is 1. The van der Waals surface area contributed by atoms with Gasteiger partial charge in [-0.1, -0.05) is 12.1 Å². The van der Waals surface area contributed by atoms with Gasteiger partial charge in [0.2, 0.25) is 0 Å². The Balaban J connectivity index is 2.17. The van der Waals surface area contributed by atoms with Gasteiger partial charge in [-0.2, -0.15) is 0 Å². The van der Waals surface area contributed by atoms with E-state index >= 15 is 0 Å². The van der Waals surface area contributed by atoms with Gasteiger partial charge < -0.3 is 14.0 Å². The molecule has 1 heterocycles. The van der Waals surface area contributed by atoms with Gasteiger partial charge in [0.05, 0.1) is 12.0 Å². The molecule has 1 aromatic carbocycles. The summed E-state index contributed by atoms with van der Waals surface area (Å²) in [6.07, 6.45) is 2.96. The molecule has 0 fully saturated rings. The van der Waals surface area contributed by atoms with E-state index in [9.17, 15) is 14.4 Å². The molecule has 0 aliphatic carbocycles. The molecule has 6 heteroatoms. The molecule has 0 aliphatic heterocycles. The van der Waals surface area contributed by atoms with Crippen molar-refractivity contribution in [1.82, 2.24) is 4.57 Å². The fourth-order valence-electron chi connectivity index (χ4n) is 2.28. The Morgan fingerprint density at radius 1 is 1.25 bits per heavy atom. The van der Waals surface area contributed by atoms with Crippen molar-refractivity contribution in [2.24, 2.45) is 0 Å². The number of carbonyl (C=O) groups is 2. The highest BCUT2D eigenvalue weighted by Crippen LogP contribution is 2.23. The van der Waals surface area contributed by atoms with Gasteiger partial charge in [-0.25, -0.2) is 0 Å². The van der Waals surface area contributed by atoms with E-state index < -0.39 is 5.97 Å². The number of allylic oxidation sites excluding steroid dienone is 1. The molecule has 0 amide bonds. The Bertz CT molecular complexity index is 822. The van der Waals surface area contributed by atoms with Gasteiger partial charge in [-0.05, 0) is 25.1 Å². The zero-order chi connectivity index (χ0) is 17.5. The fourth-order valence-corrected chi connectivity index (χ4v) is 2.28. The minimum Gasteiger partial charge on any atom is -0.485 e.